The largest absolute Gasteiger partial charge is 0.480 e. The maximum absolute atomic E-state index is 13.9. The number of hydrogen-bond acceptors (Lipinski definition) is 3. The van der Waals surface area contributed by atoms with Crippen LogP contribution < -0.4 is 0 Å². The number of carboxylic acids is 1. The van der Waals surface area contributed by atoms with Gasteiger partial charge in [-0.05, 0) is 30.5 Å². The Balaban J connectivity index is 3.30. The summed E-state index contributed by atoms with van der Waals surface area (Å²) in [4.78, 5) is 23.9. The van der Waals surface area contributed by atoms with E-state index in [9.17, 15) is 19.1 Å². The highest BCUT2D eigenvalue weighted by Gasteiger charge is 2.50. The van der Waals surface area contributed by atoms with E-state index in [-0.39, 0.29) is 23.6 Å². The summed E-state index contributed by atoms with van der Waals surface area (Å²) in [7, 11) is 0. The molecule has 116 valence electrons. The molecule has 0 heterocycles. The number of carbonyl (C=O) groups excluding carboxylic acids is 1. The van der Waals surface area contributed by atoms with E-state index in [2.05, 4.69) is 0 Å². The maximum Gasteiger partial charge on any atom is 0.324 e. The zero-order chi connectivity index (χ0) is 16.2. The minimum Gasteiger partial charge on any atom is -0.480 e. The number of halogens is 2. The fourth-order valence-corrected chi connectivity index (χ4v) is 2.31. The van der Waals surface area contributed by atoms with Crippen LogP contribution in [0.4, 0.5) is 4.39 Å². The molecule has 1 aromatic rings. The van der Waals surface area contributed by atoms with Gasteiger partial charge in [0.1, 0.15) is 5.82 Å². The Morgan fingerprint density at radius 1 is 1.43 bits per heavy atom. The number of carbonyl (C=O) groups is 2. The van der Waals surface area contributed by atoms with E-state index in [4.69, 9.17) is 16.3 Å². The zero-order valence-electron chi connectivity index (χ0n) is 12.2. The molecule has 0 aliphatic carbocycles. The molecular weight excluding hydrogens is 299 g/mol. The lowest BCUT2D eigenvalue weighted by Crippen LogP contribution is -2.47. The number of rotatable bonds is 6. The van der Waals surface area contributed by atoms with Crippen molar-refractivity contribution < 1.29 is 23.8 Å². The molecule has 21 heavy (non-hydrogen) atoms. The van der Waals surface area contributed by atoms with Crippen LogP contribution in [0, 0.1) is 17.2 Å². The van der Waals surface area contributed by atoms with Gasteiger partial charge in [0.25, 0.3) is 0 Å². The van der Waals surface area contributed by atoms with E-state index in [0.717, 1.165) is 6.07 Å². The number of ether oxygens (including phenoxy) is 1. The highest BCUT2D eigenvalue weighted by Crippen LogP contribution is 2.35. The number of aliphatic carboxylic acids is 1. The van der Waals surface area contributed by atoms with Crippen LogP contribution in [0.5, 0.6) is 0 Å². The monoisotopic (exact) mass is 316 g/mol. The molecule has 1 aromatic carbocycles. The molecule has 0 aliphatic rings. The van der Waals surface area contributed by atoms with Gasteiger partial charge in [-0.1, -0.05) is 31.5 Å². The van der Waals surface area contributed by atoms with Gasteiger partial charge >= 0.3 is 11.9 Å². The van der Waals surface area contributed by atoms with Crippen molar-refractivity contribution in [1.82, 2.24) is 0 Å². The first kappa shape index (κ1) is 17.4. The molecule has 0 aliphatic heterocycles. The molecule has 0 saturated carbocycles. The summed E-state index contributed by atoms with van der Waals surface area (Å²) in [5.74, 6) is -3.39. The Labute approximate surface area is 127 Å². The average molecular weight is 317 g/mol. The summed E-state index contributed by atoms with van der Waals surface area (Å²) < 4.78 is 18.8. The molecule has 0 aromatic heterocycles. The summed E-state index contributed by atoms with van der Waals surface area (Å²) in [6.07, 6.45) is -0.290. The highest BCUT2D eigenvalue weighted by atomic mass is 35.5. The molecule has 1 atom stereocenters. The van der Waals surface area contributed by atoms with E-state index < -0.39 is 29.1 Å². The third-order valence-electron chi connectivity index (χ3n) is 3.49. The van der Waals surface area contributed by atoms with E-state index in [1.54, 1.807) is 20.8 Å². The number of esters is 1. The topological polar surface area (TPSA) is 63.6 Å². The second kappa shape index (κ2) is 6.89. The van der Waals surface area contributed by atoms with Crippen LogP contribution in [0.3, 0.4) is 0 Å². The van der Waals surface area contributed by atoms with Crippen molar-refractivity contribution in [3.8, 4) is 0 Å². The van der Waals surface area contributed by atoms with Gasteiger partial charge in [-0.3, -0.25) is 9.59 Å². The van der Waals surface area contributed by atoms with E-state index >= 15 is 0 Å². The molecule has 1 unspecified atom stereocenters. The highest BCUT2D eigenvalue weighted by molar-refractivity contribution is 6.30. The van der Waals surface area contributed by atoms with Crippen LogP contribution in [-0.4, -0.2) is 23.7 Å². The fraction of sp³-hybridized carbons (Fsp3) is 0.467. The Morgan fingerprint density at radius 3 is 2.48 bits per heavy atom. The van der Waals surface area contributed by atoms with Crippen molar-refractivity contribution in [3.05, 3.63) is 34.6 Å². The van der Waals surface area contributed by atoms with Gasteiger partial charge in [0.15, 0.2) is 5.41 Å². The molecular formula is C15H18ClFO4. The summed E-state index contributed by atoms with van der Waals surface area (Å²) in [5.41, 5.74) is -1.71. The SMILES string of the molecule is CCOC(=O)C(Cc1ccc(Cl)cc1F)(C(=O)O)C(C)C. The first-order valence-corrected chi connectivity index (χ1v) is 6.98. The van der Waals surface area contributed by atoms with Crippen molar-refractivity contribution in [3.63, 3.8) is 0 Å². The van der Waals surface area contributed by atoms with Crippen LogP contribution in [0.1, 0.15) is 26.3 Å². The number of carboxylic acid groups (broad SMARTS) is 1. The maximum atomic E-state index is 13.9. The Hall–Kier alpha value is -1.62. The Bertz CT molecular complexity index is 544. The first-order chi connectivity index (χ1) is 9.75. The van der Waals surface area contributed by atoms with Crippen molar-refractivity contribution in [2.24, 2.45) is 11.3 Å². The Kier molecular flexibility index (Phi) is 5.72. The van der Waals surface area contributed by atoms with E-state index in [0.29, 0.717) is 0 Å². The predicted molar refractivity (Wildman–Crippen MR) is 76.7 cm³/mol. The lowest BCUT2D eigenvalue weighted by molar-refractivity contribution is -0.172. The Morgan fingerprint density at radius 2 is 2.05 bits per heavy atom. The quantitative estimate of drug-likeness (QED) is 0.646. The van der Waals surface area contributed by atoms with Crippen molar-refractivity contribution in [2.45, 2.75) is 27.2 Å². The lowest BCUT2D eigenvalue weighted by Gasteiger charge is -2.31. The second-order valence-corrected chi connectivity index (χ2v) is 5.50. The molecule has 0 spiro atoms. The summed E-state index contributed by atoms with van der Waals surface area (Å²) >= 11 is 5.68. The van der Waals surface area contributed by atoms with Gasteiger partial charge in [-0.15, -0.1) is 0 Å². The minimum atomic E-state index is -1.83. The van der Waals surface area contributed by atoms with Gasteiger partial charge in [0, 0.05) is 11.4 Å². The van der Waals surface area contributed by atoms with Crippen molar-refractivity contribution in [2.75, 3.05) is 6.61 Å². The minimum absolute atomic E-state index is 0.0592. The molecule has 0 radical (unpaired) electrons. The molecule has 0 bridgehead atoms. The van der Waals surface area contributed by atoms with Crippen molar-refractivity contribution >= 4 is 23.5 Å². The third kappa shape index (κ3) is 3.53. The van der Waals surface area contributed by atoms with Gasteiger partial charge in [0.2, 0.25) is 0 Å². The number of benzene rings is 1. The predicted octanol–water partition coefficient (Wildman–Crippen LogP) is 3.31. The third-order valence-corrected chi connectivity index (χ3v) is 3.73. The molecule has 0 saturated heterocycles. The summed E-state index contributed by atoms with van der Waals surface area (Å²) in [5, 5.41) is 9.76. The van der Waals surface area contributed by atoms with Crippen molar-refractivity contribution in [1.29, 1.82) is 0 Å². The van der Waals surface area contributed by atoms with Gasteiger partial charge < -0.3 is 9.84 Å². The normalized spacial score (nSPS) is 13.8. The van der Waals surface area contributed by atoms with Crippen LogP contribution in [0.25, 0.3) is 0 Å². The first-order valence-electron chi connectivity index (χ1n) is 6.60. The van der Waals surface area contributed by atoms with Crippen LogP contribution >= 0.6 is 11.6 Å². The standard InChI is InChI=1S/C15H18ClFO4/c1-4-21-14(20)15(9(2)3,13(18)19)8-10-5-6-11(16)7-12(10)17/h5-7,9H,4,8H2,1-3H3,(H,18,19). The second-order valence-electron chi connectivity index (χ2n) is 5.06. The van der Waals surface area contributed by atoms with E-state index in [1.165, 1.54) is 12.1 Å². The lowest BCUT2D eigenvalue weighted by atomic mass is 9.72. The summed E-state index contributed by atoms with van der Waals surface area (Å²) in [6.45, 7) is 4.84. The smallest absolute Gasteiger partial charge is 0.324 e. The van der Waals surface area contributed by atoms with Crippen LogP contribution in [-0.2, 0) is 20.7 Å². The molecule has 1 rings (SSSR count). The average Bonchev–Trinajstić information content (AvgIpc) is 2.37. The van der Waals surface area contributed by atoms with Crippen LogP contribution in [0.2, 0.25) is 5.02 Å². The van der Waals surface area contributed by atoms with Gasteiger partial charge in [0.05, 0.1) is 6.61 Å². The zero-order valence-corrected chi connectivity index (χ0v) is 12.9. The molecule has 4 nitrogen and oxygen atoms in total. The fourth-order valence-electron chi connectivity index (χ4n) is 2.15. The molecule has 0 amide bonds. The van der Waals surface area contributed by atoms with Gasteiger partial charge in [-0.25, -0.2) is 4.39 Å². The molecule has 0 fully saturated rings. The van der Waals surface area contributed by atoms with Crippen LogP contribution in [0.15, 0.2) is 18.2 Å². The number of hydrogen-bond donors (Lipinski definition) is 1. The van der Waals surface area contributed by atoms with E-state index in [1.807, 2.05) is 0 Å². The summed E-state index contributed by atoms with van der Waals surface area (Å²) in [6, 6.07) is 3.93. The molecule has 6 heteroatoms. The molecule has 1 N–H and O–H groups in total. The van der Waals surface area contributed by atoms with Gasteiger partial charge in [-0.2, -0.15) is 0 Å².